The molecule has 4 nitrogen and oxygen atoms in total. The number of hydrogen-bond donors (Lipinski definition) is 0. The summed E-state index contributed by atoms with van der Waals surface area (Å²) in [5.74, 6) is -0.990. The molecule has 3 rings (SSSR count). The summed E-state index contributed by atoms with van der Waals surface area (Å²) in [6.45, 7) is 1.42. The minimum atomic E-state index is -4.54. The lowest BCUT2D eigenvalue weighted by Crippen LogP contribution is -2.47. The third-order valence-electron chi connectivity index (χ3n) is 4.68. The number of likely N-dealkylation sites (N-methyl/N-ethyl adjacent to an activating group) is 1. The van der Waals surface area contributed by atoms with E-state index in [-0.39, 0.29) is 24.1 Å². The van der Waals surface area contributed by atoms with Gasteiger partial charge in [-0.3, -0.25) is 4.90 Å². The third kappa shape index (κ3) is 4.71. The number of likely N-dealkylation sites (tertiary alicyclic amines) is 1. The molecule has 1 aromatic carbocycles. The fourth-order valence-corrected chi connectivity index (χ4v) is 3.24. The lowest BCUT2D eigenvalue weighted by molar-refractivity contribution is -0.141. The first-order chi connectivity index (χ1) is 12.7. The molecule has 1 aliphatic rings. The molecule has 0 radical (unpaired) electrons. The van der Waals surface area contributed by atoms with E-state index in [1.54, 1.807) is 11.9 Å². The second-order valence-corrected chi connectivity index (χ2v) is 6.62. The first-order valence-corrected chi connectivity index (χ1v) is 8.53. The van der Waals surface area contributed by atoms with Crippen molar-refractivity contribution in [3.8, 4) is 0 Å². The lowest BCUT2D eigenvalue weighted by atomic mass is 10.0. The van der Waals surface area contributed by atoms with Crippen molar-refractivity contribution in [1.82, 2.24) is 14.9 Å². The number of halogens is 5. The van der Waals surface area contributed by atoms with Gasteiger partial charge >= 0.3 is 6.18 Å². The molecule has 1 saturated heterocycles. The van der Waals surface area contributed by atoms with Crippen LogP contribution in [0.2, 0.25) is 0 Å². The van der Waals surface area contributed by atoms with Crippen molar-refractivity contribution in [3.05, 3.63) is 53.4 Å². The molecule has 0 aliphatic carbocycles. The standard InChI is InChI=1S/C18H19F5N4/c1-26(17-24-7-6-16(25-17)18(21,22)23)14-3-2-8-27(11-14)10-12-9-13(19)4-5-15(12)20/h4-7,9,14H,2-3,8,10-11H2,1H3. The van der Waals surface area contributed by atoms with Crippen LogP contribution in [0.3, 0.4) is 0 Å². The lowest BCUT2D eigenvalue weighted by Gasteiger charge is -2.37. The Morgan fingerprint density at radius 2 is 2.00 bits per heavy atom. The van der Waals surface area contributed by atoms with Crippen LogP contribution in [0, 0.1) is 11.6 Å². The number of alkyl halides is 3. The Balaban J connectivity index is 1.71. The largest absolute Gasteiger partial charge is 0.433 e. The van der Waals surface area contributed by atoms with Crippen LogP contribution in [0.25, 0.3) is 0 Å². The molecular weight excluding hydrogens is 367 g/mol. The van der Waals surface area contributed by atoms with E-state index in [1.165, 1.54) is 6.07 Å². The van der Waals surface area contributed by atoms with E-state index in [2.05, 4.69) is 9.97 Å². The highest BCUT2D eigenvalue weighted by Gasteiger charge is 2.34. The van der Waals surface area contributed by atoms with Gasteiger partial charge in [0.1, 0.15) is 17.3 Å². The first kappa shape index (κ1) is 19.5. The smallest absolute Gasteiger partial charge is 0.340 e. The average molecular weight is 386 g/mol. The third-order valence-corrected chi connectivity index (χ3v) is 4.68. The summed E-state index contributed by atoms with van der Waals surface area (Å²) in [6, 6.07) is 4.03. The van der Waals surface area contributed by atoms with E-state index >= 15 is 0 Å². The molecular formula is C18H19F5N4. The van der Waals surface area contributed by atoms with Gasteiger partial charge in [-0.05, 0) is 43.7 Å². The molecule has 0 spiro atoms. The van der Waals surface area contributed by atoms with Gasteiger partial charge in [0.25, 0.3) is 0 Å². The summed E-state index contributed by atoms with van der Waals surface area (Å²) in [7, 11) is 1.65. The normalized spacial score (nSPS) is 18.5. The van der Waals surface area contributed by atoms with Gasteiger partial charge in [0.2, 0.25) is 5.95 Å². The summed E-state index contributed by atoms with van der Waals surface area (Å²) in [5.41, 5.74) is -0.734. The van der Waals surface area contributed by atoms with Crippen LogP contribution in [0.15, 0.2) is 30.5 Å². The van der Waals surface area contributed by atoms with Crippen molar-refractivity contribution in [2.24, 2.45) is 0 Å². The van der Waals surface area contributed by atoms with Crippen LogP contribution < -0.4 is 4.90 Å². The zero-order valence-electron chi connectivity index (χ0n) is 14.7. The van der Waals surface area contributed by atoms with Gasteiger partial charge in [-0.2, -0.15) is 13.2 Å². The second-order valence-electron chi connectivity index (χ2n) is 6.62. The highest BCUT2D eigenvalue weighted by molar-refractivity contribution is 5.32. The van der Waals surface area contributed by atoms with Gasteiger partial charge in [0.15, 0.2) is 0 Å². The van der Waals surface area contributed by atoms with Crippen LogP contribution >= 0.6 is 0 Å². The fraction of sp³-hybridized carbons (Fsp3) is 0.444. The Morgan fingerprint density at radius 3 is 2.74 bits per heavy atom. The number of nitrogens with zero attached hydrogens (tertiary/aromatic N) is 4. The highest BCUT2D eigenvalue weighted by Crippen LogP contribution is 2.29. The van der Waals surface area contributed by atoms with Gasteiger partial charge in [-0.15, -0.1) is 0 Å². The Morgan fingerprint density at radius 1 is 1.22 bits per heavy atom. The maximum Gasteiger partial charge on any atom is 0.433 e. The van der Waals surface area contributed by atoms with Crippen molar-refractivity contribution >= 4 is 5.95 Å². The molecule has 1 atom stereocenters. The molecule has 9 heteroatoms. The van der Waals surface area contributed by atoms with E-state index in [9.17, 15) is 22.0 Å². The molecule has 2 heterocycles. The van der Waals surface area contributed by atoms with E-state index in [0.29, 0.717) is 13.1 Å². The van der Waals surface area contributed by atoms with Crippen molar-refractivity contribution < 1.29 is 22.0 Å². The molecule has 0 N–H and O–H groups in total. The van der Waals surface area contributed by atoms with Crippen LogP contribution in [0.1, 0.15) is 24.1 Å². The summed E-state index contributed by atoms with van der Waals surface area (Å²) < 4.78 is 65.8. The van der Waals surface area contributed by atoms with Crippen LogP contribution in [-0.4, -0.2) is 41.0 Å². The molecule has 2 aromatic rings. The van der Waals surface area contributed by atoms with Gasteiger partial charge in [-0.25, -0.2) is 18.7 Å². The minimum absolute atomic E-state index is 0.00592. The van der Waals surface area contributed by atoms with E-state index < -0.39 is 23.5 Å². The van der Waals surface area contributed by atoms with E-state index in [0.717, 1.165) is 37.2 Å². The summed E-state index contributed by atoms with van der Waals surface area (Å²) >= 11 is 0. The van der Waals surface area contributed by atoms with Gasteiger partial charge in [-0.1, -0.05) is 0 Å². The van der Waals surface area contributed by atoms with E-state index in [1.807, 2.05) is 4.90 Å². The molecule has 1 fully saturated rings. The summed E-state index contributed by atoms with van der Waals surface area (Å²) in [4.78, 5) is 11.1. The number of benzene rings is 1. The quantitative estimate of drug-likeness (QED) is 0.747. The Kier molecular flexibility index (Phi) is 5.59. The number of aromatic nitrogens is 2. The molecule has 1 aliphatic heterocycles. The summed E-state index contributed by atoms with van der Waals surface area (Å²) in [5, 5.41) is 0. The Hall–Kier alpha value is -2.29. The van der Waals surface area contributed by atoms with Crippen molar-refractivity contribution in [3.63, 3.8) is 0 Å². The fourth-order valence-electron chi connectivity index (χ4n) is 3.24. The van der Waals surface area contributed by atoms with Crippen LogP contribution in [0.5, 0.6) is 0 Å². The van der Waals surface area contributed by atoms with E-state index in [4.69, 9.17) is 0 Å². The van der Waals surface area contributed by atoms with Gasteiger partial charge in [0, 0.05) is 37.9 Å². The predicted octanol–water partition coefficient (Wildman–Crippen LogP) is 3.87. The zero-order chi connectivity index (χ0) is 19.6. The predicted molar refractivity (Wildman–Crippen MR) is 90.1 cm³/mol. The molecule has 1 aromatic heterocycles. The molecule has 27 heavy (non-hydrogen) atoms. The van der Waals surface area contributed by atoms with Crippen molar-refractivity contribution in [1.29, 1.82) is 0 Å². The SMILES string of the molecule is CN(c1nccc(C(F)(F)F)n1)C1CCCN(Cc2cc(F)ccc2F)C1. The average Bonchev–Trinajstić information content (AvgIpc) is 2.64. The molecule has 146 valence electrons. The topological polar surface area (TPSA) is 32.3 Å². The minimum Gasteiger partial charge on any atom is -0.340 e. The van der Waals surface area contributed by atoms with Crippen molar-refractivity contribution in [2.45, 2.75) is 31.6 Å². The summed E-state index contributed by atoms with van der Waals surface area (Å²) in [6.07, 6.45) is -1.92. The molecule has 0 saturated carbocycles. The molecule has 0 bridgehead atoms. The number of piperidine rings is 1. The maximum absolute atomic E-state index is 13.9. The highest BCUT2D eigenvalue weighted by atomic mass is 19.4. The number of rotatable bonds is 4. The first-order valence-electron chi connectivity index (χ1n) is 8.53. The Labute approximate surface area is 153 Å². The maximum atomic E-state index is 13.9. The monoisotopic (exact) mass is 386 g/mol. The van der Waals surface area contributed by atoms with Crippen LogP contribution in [-0.2, 0) is 12.7 Å². The zero-order valence-corrected chi connectivity index (χ0v) is 14.7. The Bertz CT molecular complexity index is 796. The second kappa shape index (κ2) is 7.75. The van der Waals surface area contributed by atoms with Gasteiger partial charge in [0.05, 0.1) is 0 Å². The molecule has 1 unspecified atom stereocenters. The number of hydrogen-bond acceptors (Lipinski definition) is 4. The van der Waals surface area contributed by atoms with Crippen LogP contribution in [0.4, 0.5) is 27.9 Å². The van der Waals surface area contributed by atoms with Gasteiger partial charge < -0.3 is 4.90 Å². The molecule has 0 amide bonds. The number of anilines is 1. The van der Waals surface area contributed by atoms with Crippen molar-refractivity contribution in [2.75, 3.05) is 25.0 Å².